The van der Waals surface area contributed by atoms with E-state index in [0.29, 0.717) is 13.1 Å². The van der Waals surface area contributed by atoms with Crippen molar-refractivity contribution < 1.29 is 8.78 Å². The average Bonchev–Trinajstić information content (AvgIpc) is 2.80. The minimum atomic E-state index is -0.815. The molecule has 0 fully saturated rings. The summed E-state index contributed by atoms with van der Waals surface area (Å²) >= 11 is 1.71. The summed E-state index contributed by atoms with van der Waals surface area (Å²) in [6, 6.07) is 2.82. The fourth-order valence-corrected chi connectivity index (χ4v) is 3.01. The van der Waals surface area contributed by atoms with Crippen LogP contribution in [-0.4, -0.2) is 11.5 Å². The molecule has 18 heavy (non-hydrogen) atoms. The normalized spacial score (nSPS) is 14.7. The second-order valence-corrected chi connectivity index (χ2v) is 5.20. The number of aromatic nitrogens is 1. The summed E-state index contributed by atoms with van der Waals surface area (Å²) in [4.78, 5) is 6.92. The van der Waals surface area contributed by atoms with Crippen molar-refractivity contribution in [3.05, 3.63) is 39.6 Å². The Hall–Kier alpha value is -1.69. The Morgan fingerprint density at radius 2 is 2.17 bits per heavy atom. The van der Waals surface area contributed by atoms with E-state index in [1.165, 1.54) is 10.4 Å². The van der Waals surface area contributed by atoms with E-state index < -0.39 is 11.6 Å². The van der Waals surface area contributed by atoms with Gasteiger partial charge in [-0.2, -0.15) is 0 Å². The number of pyridine rings is 1. The molecule has 0 unspecified atom stereocenters. The van der Waals surface area contributed by atoms with Crippen LogP contribution in [-0.2, 0) is 13.0 Å². The SMILES string of the molecule is Nc1nc(N2CCc3sccc3C2)c(F)cc1F. The van der Waals surface area contributed by atoms with Crippen molar-refractivity contribution in [3.8, 4) is 0 Å². The van der Waals surface area contributed by atoms with E-state index in [0.717, 1.165) is 12.5 Å². The second-order valence-electron chi connectivity index (χ2n) is 4.20. The van der Waals surface area contributed by atoms with Gasteiger partial charge in [0.15, 0.2) is 23.3 Å². The van der Waals surface area contributed by atoms with Crippen LogP contribution in [0, 0.1) is 11.6 Å². The maximum atomic E-state index is 13.7. The van der Waals surface area contributed by atoms with Crippen molar-refractivity contribution in [2.75, 3.05) is 17.2 Å². The van der Waals surface area contributed by atoms with Crippen molar-refractivity contribution in [1.29, 1.82) is 0 Å². The van der Waals surface area contributed by atoms with Crippen LogP contribution in [0.1, 0.15) is 10.4 Å². The molecule has 94 valence electrons. The number of halogens is 2. The first kappa shape index (κ1) is 11.4. The van der Waals surface area contributed by atoms with Crippen molar-refractivity contribution >= 4 is 23.0 Å². The van der Waals surface area contributed by atoms with Crippen molar-refractivity contribution in [1.82, 2.24) is 4.98 Å². The molecule has 0 bridgehead atoms. The van der Waals surface area contributed by atoms with Crippen LogP contribution in [0.5, 0.6) is 0 Å². The molecule has 2 N–H and O–H groups in total. The number of hydrogen-bond acceptors (Lipinski definition) is 4. The first-order valence-corrected chi connectivity index (χ1v) is 6.45. The standard InChI is InChI=1S/C12H11F2N3S/c13-8-5-9(14)12(16-11(8)15)17-3-1-10-7(6-17)2-4-18-10/h2,4-5H,1,3,6H2,(H2,15,16). The van der Waals surface area contributed by atoms with E-state index in [1.54, 1.807) is 16.2 Å². The number of anilines is 2. The molecule has 0 aromatic carbocycles. The van der Waals surface area contributed by atoms with Gasteiger partial charge in [-0.1, -0.05) is 0 Å². The molecule has 3 heterocycles. The van der Waals surface area contributed by atoms with Crippen LogP contribution in [0.25, 0.3) is 0 Å². The Bertz CT molecular complexity index is 597. The highest BCUT2D eigenvalue weighted by molar-refractivity contribution is 7.10. The lowest BCUT2D eigenvalue weighted by molar-refractivity contribution is 0.567. The predicted octanol–water partition coefficient (Wildman–Crippen LogP) is 2.57. The molecule has 0 saturated heterocycles. The number of hydrogen-bond donors (Lipinski definition) is 1. The summed E-state index contributed by atoms with van der Waals surface area (Å²) in [7, 11) is 0. The molecular weight excluding hydrogens is 256 g/mol. The highest BCUT2D eigenvalue weighted by Gasteiger charge is 2.22. The summed E-state index contributed by atoms with van der Waals surface area (Å²) in [6.45, 7) is 1.26. The lowest BCUT2D eigenvalue weighted by Gasteiger charge is -2.28. The summed E-state index contributed by atoms with van der Waals surface area (Å²) in [5.41, 5.74) is 6.57. The lowest BCUT2D eigenvalue weighted by Crippen LogP contribution is -2.31. The third kappa shape index (κ3) is 1.82. The molecule has 6 heteroatoms. The maximum absolute atomic E-state index is 13.7. The summed E-state index contributed by atoms with van der Waals surface area (Å²) in [5, 5.41) is 2.02. The van der Waals surface area contributed by atoms with Crippen LogP contribution >= 0.6 is 11.3 Å². The quantitative estimate of drug-likeness (QED) is 0.863. The Balaban J connectivity index is 1.95. The first-order chi connectivity index (χ1) is 8.65. The molecule has 0 atom stereocenters. The van der Waals surface area contributed by atoms with E-state index in [2.05, 4.69) is 4.98 Å². The second kappa shape index (κ2) is 4.20. The monoisotopic (exact) mass is 267 g/mol. The first-order valence-electron chi connectivity index (χ1n) is 5.57. The fourth-order valence-electron chi connectivity index (χ4n) is 2.12. The van der Waals surface area contributed by atoms with Crippen molar-refractivity contribution in [2.45, 2.75) is 13.0 Å². The Morgan fingerprint density at radius 1 is 1.33 bits per heavy atom. The lowest BCUT2D eigenvalue weighted by atomic mass is 10.1. The Kier molecular flexibility index (Phi) is 2.66. The minimum Gasteiger partial charge on any atom is -0.381 e. The molecule has 1 aliphatic heterocycles. The Labute approximate surface area is 107 Å². The molecule has 0 saturated carbocycles. The highest BCUT2D eigenvalue weighted by Crippen LogP contribution is 2.29. The Morgan fingerprint density at radius 3 is 3.00 bits per heavy atom. The largest absolute Gasteiger partial charge is 0.381 e. The van der Waals surface area contributed by atoms with Crippen LogP contribution in [0.2, 0.25) is 0 Å². The van der Waals surface area contributed by atoms with Crippen LogP contribution in [0.15, 0.2) is 17.5 Å². The maximum Gasteiger partial charge on any atom is 0.168 e. The van der Waals surface area contributed by atoms with Gasteiger partial charge in [-0.25, -0.2) is 13.8 Å². The van der Waals surface area contributed by atoms with E-state index in [9.17, 15) is 8.78 Å². The topological polar surface area (TPSA) is 42.1 Å². The number of nitrogens with zero attached hydrogens (tertiary/aromatic N) is 2. The fraction of sp³-hybridized carbons (Fsp3) is 0.250. The average molecular weight is 267 g/mol. The van der Waals surface area contributed by atoms with Gasteiger partial charge in [0.25, 0.3) is 0 Å². The van der Waals surface area contributed by atoms with Crippen LogP contribution in [0.3, 0.4) is 0 Å². The van der Waals surface area contributed by atoms with Gasteiger partial charge in [0.1, 0.15) is 0 Å². The molecule has 0 amide bonds. The molecular formula is C12H11F2N3S. The van der Waals surface area contributed by atoms with Gasteiger partial charge in [-0.15, -0.1) is 11.3 Å². The van der Waals surface area contributed by atoms with Gasteiger partial charge in [0.05, 0.1) is 0 Å². The number of fused-ring (bicyclic) bond motifs is 1. The summed E-state index contributed by atoms with van der Waals surface area (Å²) in [5.74, 6) is -1.61. The molecule has 2 aromatic rings. The van der Waals surface area contributed by atoms with Gasteiger partial charge in [-0.05, 0) is 23.4 Å². The van der Waals surface area contributed by atoms with Crippen LogP contribution < -0.4 is 10.6 Å². The molecule has 1 aliphatic rings. The van der Waals surface area contributed by atoms with Gasteiger partial charge in [0.2, 0.25) is 0 Å². The highest BCUT2D eigenvalue weighted by atomic mass is 32.1. The van der Waals surface area contributed by atoms with Crippen LogP contribution in [0.4, 0.5) is 20.4 Å². The van der Waals surface area contributed by atoms with Crippen molar-refractivity contribution in [2.24, 2.45) is 0 Å². The molecule has 0 aliphatic carbocycles. The third-order valence-corrected chi connectivity index (χ3v) is 4.07. The van der Waals surface area contributed by atoms with Crippen molar-refractivity contribution in [3.63, 3.8) is 0 Å². The molecule has 3 rings (SSSR count). The predicted molar refractivity (Wildman–Crippen MR) is 67.6 cm³/mol. The van der Waals surface area contributed by atoms with Gasteiger partial charge >= 0.3 is 0 Å². The van der Waals surface area contributed by atoms with E-state index in [4.69, 9.17) is 5.73 Å². The van der Waals surface area contributed by atoms with E-state index >= 15 is 0 Å². The molecule has 0 radical (unpaired) electrons. The third-order valence-electron chi connectivity index (χ3n) is 3.05. The number of rotatable bonds is 1. The summed E-state index contributed by atoms with van der Waals surface area (Å²) in [6.07, 6.45) is 0.853. The van der Waals surface area contributed by atoms with Gasteiger partial charge < -0.3 is 10.6 Å². The molecule has 3 nitrogen and oxygen atoms in total. The zero-order valence-electron chi connectivity index (χ0n) is 9.49. The zero-order chi connectivity index (χ0) is 12.7. The number of nitrogen functional groups attached to an aromatic ring is 1. The molecule has 0 spiro atoms. The zero-order valence-corrected chi connectivity index (χ0v) is 10.3. The summed E-state index contributed by atoms with van der Waals surface area (Å²) < 4.78 is 26.8. The van der Waals surface area contributed by atoms with E-state index in [-0.39, 0.29) is 11.6 Å². The molecule has 2 aromatic heterocycles. The van der Waals surface area contributed by atoms with E-state index in [1.807, 2.05) is 11.4 Å². The smallest absolute Gasteiger partial charge is 0.168 e. The van der Waals surface area contributed by atoms with Gasteiger partial charge in [-0.3, -0.25) is 0 Å². The van der Waals surface area contributed by atoms with Gasteiger partial charge in [0, 0.05) is 24.0 Å². The number of nitrogens with two attached hydrogens (primary N) is 1. The minimum absolute atomic E-state index is 0.130. The number of thiophene rings is 1.